The number of fused-ring (bicyclic) bond motifs is 2. The van der Waals surface area contributed by atoms with Crippen LogP contribution in [0.25, 0.3) is 39.1 Å². The molecule has 0 amide bonds. The lowest BCUT2D eigenvalue weighted by Crippen LogP contribution is -2.43. The second-order valence-electron chi connectivity index (χ2n) is 11.0. The lowest BCUT2D eigenvalue weighted by Gasteiger charge is -2.38. The number of benzene rings is 2. The van der Waals surface area contributed by atoms with Crippen LogP contribution < -0.4 is 11.5 Å². The van der Waals surface area contributed by atoms with E-state index in [1.165, 1.54) is 0 Å². The minimum Gasteiger partial charge on any atom is -0.383 e. The quantitative estimate of drug-likeness (QED) is 0.200. The normalized spacial score (nSPS) is 14.7. The number of imidazole rings is 1. The number of halogens is 3. The number of rotatable bonds is 6. The molecule has 0 saturated heterocycles. The fraction of sp³-hybridized carbons (Fsp3) is 0.188. The van der Waals surface area contributed by atoms with Gasteiger partial charge in [-0.1, -0.05) is 24.3 Å². The van der Waals surface area contributed by atoms with E-state index in [0.29, 0.717) is 45.1 Å². The molecule has 11 heteroatoms. The molecule has 0 unspecified atom stereocenters. The molecule has 0 bridgehead atoms. The topological polar surface area (TPSA) is 128 Å². The molecule has 0 radical (unpaired) electrons. The fourth-order valence-corrected chi connectivity index (χ4v) is 5.85. The zero-order chi connectivity index (χ0) is 29.9. The highest BCUT2D eigenvalue weighted by atomic mass is 19.4. The number of anilines is 1. The van der Waals surface area contributed by atoms with E-state index in [4.69, 9.17) is 21.4 Å². The van der Waals surface area contributed by atoms with E-state index in [1.54, 1.807) is 36.5 Å². The van der Waals surface area contributed by atoms with E-state index >= 15 is 0 Å². The van der Waals surface area contributed by atoms with E-state index in [9.17, 15) is 18.0 Å². The molecule has 8 nitrogen and oxygen atoms in total. The van der Waals surface area contributed by atoms with E-state index < -0.39 is 17.5 Å². The highest BCUT2D eigenvalue weighted by Crippen LogP contribution is 2.39. The van der Waals surface area contributed by atoms with Gasteiger partial charge in [0.05, 0.1) is 11.1 Å². The van der Waals surface area contributed by atoms with Gasteiger partial charge in [-0.05, 0) is 72.9 Å². The molecule has 5 N–H and O–H groups in total. The van der Waals surface area contributed by atoms with Crippen LogP contribution >= 0.6 is 0 Å². The summed E-state index contributed by atoms with van der Waals surface area (Å²) in [5, 5.41) is 0.228. The van der Waals surface area contributed by atoms with Gasteiger partial charge in [0, 0.05) is 46.6 Å². The summed E-state index contributed by atoms with van der Waals surface area (Å²) in [6.45, 7) is 0. The van der Waals surface area contributed by atoms with Crippen LogP contribution in [0.1, 0.15) is 46.4 Å². The number of hydrogen-bond acceptors (Lipinski definition) is 6. The van der Waals surface area contributed by atoms with Crippen molar-refractivity contribution in [3.8, 4) is 17.1 Å². The fourth-order valence-electron chi connectivity index (χ4n) is 5.85. The van der Waals surface area contributed by atoms with E-state index in [2.05, 4.69) is 9.97 Å². The molecule has 1 aliphatic rings. The predicted octanol–water partition coefficient (Wildman–Crippen LogP) is 6.22. The maximum absolute atomic E-state index is 13.4. The number of aromatic amines is 1. The van der Waals surface area contributed by atoms with E-state index in [0.717, 1.165) is 36.7 Å². The monoisotopic (exact) mass is 581 g/mol. The summed E-state index contributed by atoms with van der Waals surface area (Å²) >= 11 is 0. The average Bonchev–Trinajstić information content (AvgIpc) is 3.58. The van der Waals surface area contributed by atoms with Gasteiger partial charge < -0.3 is 16.5 Å². The molecular weight excluding hydrogens is 555 g/mol. The van der Waals surface area contributed by atoms with Crippen molar-refractivity contribution in [2.24, 2.45) is 5.73 Å². The number of H-pyrrole nitrogens is 1. The Balaban J connectivity index is 1.36. The summed E-state index contributed by atoms with van der Waals surface area (Å²) in [6, 6.07) is 20.3. The van der Waals surface area contributed by atoms with Crippen LogP contribution in [0.3, 0.4) is 0 Å². The van der Waals surface area contributed by atoms with Gasteiger partial charge in [0.15, 0.2) is 11.5 Å². The van der Waals surface area contributed by atoms with Crippen LogP contribution in [0.2, 0.25) is 0 Å². The summed E-state index contributed by atoms with van der Waals surface area (Å²) in [6.07, 6.45) is 0.889. The number of nitrogen functional groups attached to an aromatic ring is 1. The first-order chi connectivity index (χ1) is 20.6. The molecule has 43 heavy (non-hydrogen) atoms. The van der Waals surface area contributed by atoms with Gasteiger partial charge in [-0.25, -0.2) is 15.0 Å². The number of pyridine rings is 2. The van der Waals surface area contributed by atoms with Crippen LogP contribution in [-0.2, 0) is 12.0 Å². The maximum atomic E-state index is 13.4. The number of nitrogens with two attached hydrogens (primary N) is 2. The Labute approximate surface area is 243 Å². The Bertz CT molecular complexity index is 2020. The van der Waals surface area contributed by atoms with Crippen molar-refractivity contribution in [2.45, 2.75) is 37.4 Å². The number of aromatic nitrogens is 5. The summed E-state index contributed by atoms with van der Waals surface area (Å²) in [7, 11) is 0. The first-order valence-corrected chi connectivity index (χ1v) is 13.8. The van der Waals surface area contributed by atoms with Crippen LogP contribution in [-0.4, -0.2) is 36.5 Å². The number of nitrogens with zero attached hydrogens (tertiary/aromatic N) is 4. The third-order valence-electron chi connectivity index (χ3n) is 8.25. The van der Waals surface area contributed by atoms with Gasteiger partial charge in [0.25, 0.3) is 5.78 Å². The largest absolute Gasteiger partial charge is 0.454 e. The summed E-state index contributed by atoms with van der Waals surface area (Å²) in [4.78, 5) is 29.0. The number of Topliss-reactive ketones (excluding diaryl/α,β-unsaturated/α-hetero) is 1. The Morgan fingerprint density at radius 3 is 2.49 bits per heavy atom. The van der Waals surface area contributed by atoms with Crippen molar-refractivity contribution in [1.29, 1.82) is 0 Å². The van der Waals surface area contributed by atoms with Gasteiger partial charge >= 0.3 is 6.18 Å². The van der Waals surface area contributed by atoms with E-state index in [1.807, 2.05) is 41.0 Å². The molecule has 0 spiro atoms. The summed E-state index contributed by atoms with van der Waals surface area (Å²) in [5.74, 6) is -1.03. The summed E-state index contributed by atoms with van der Waals surface area (Å²) < 4.78 is 42.0. The van der Waals surface area contributed by atoms with Crippen LogP contribution in [0.4, 0.5) is 19.0 Å². The highest BCUT2D eigenvalue weighted by molar-refractivity contribution is 6.11. The van der Waals surface area contributed by atoms with Gasteiger partial charge in [-0.15, -0.1) is 0 Å². The van der Waals surface area contributed by atoms with Crippen molar-refractivity contribution in [3.63, 3.8) is 0 Å². The Hall–Kier alpha value is -5.03. The number of nitrogens with one attached hydrogen (secondary N) is 1. The minimum absolute atomic E-state index is 0.188. The van der Waals surface area contributed by atoms with Crippen molar-refractivity contribution >= 4 is 33.7 Å². The smallest absolute Gasteiger partial charge is 0.383 e. The standard InChI is InChI=1S/C32H26F3N7O/c33-32(34,35)27(43)23-17-39-24-6-1-4-18(26(23)24)16-20-9-12-25-30(40-20)42(29(41-25)22-5-2-15-38-28(22)36)21-10-7-19(8-11-21)31(37)13-3-14-31/h1-2,4-12,15,17,39H,3,13-14,16,37H2,(H2,36,38). The third-order valence-corrected chi connectivity index (χ3v) is 8.25. The molecule has 7 rings (SSSR count). The number of carbonyl (C=O) groups excluding carboxylic acids is 1. The lowest BCUT2D eigenvalue weighted by molar-refractivity contribution is -0.0884. The molecule has 1 saturated carbocycles. The Morgan fingerprint density at radius 2 is 1.79 bits per heavy atom. The molecule has 0 atom stereocenters. The van der Waals surface area contributed by atoms with Crippen molar-refractivity contribution in [2.75, 3.05) is 5.73 Å². The Kier molecular flexibility index (Phi) is 6.10. The maximum Gasteiger partial charge on any atom is 0.454 e. The third kappa shape index (κ3) is 4.52. The van der Waals surface area contributed by atoms with Crippen molar-refractivity contribution in [1.82, 2.24) is 24.5 Å². The molecule has 0 aliphatic heterocycles. The van der Waals surface area contributed by atoms with Crippen LogP contribution in [0.5, 0.6) is 0 Å². The second kappa shape index (κ2) is 9.77. The van der Waals surface area contributed by atoms with Crippen LogP contribution in [0, 0.1) is 0 Å². The number of alkyl halides is 3. The summed E-state index contributed by atoms with van der Waals surface area (Å²) in [5.41, 5.74) is 17.3. The minimum atomic E-state index is -4.99. The molecule has 4 aromatic heterocycles. The zero-order valence-electron chi connectivity index (χ0n) is 22.8. The zero-order valence-corrected chi connectivity index (χ0v) is 22.8. The molecule has 1 aliphatic carbocycles. The first-order valence-electron chi connectivity index (χ1n) is 13.8. The van der Waals surface area contributed by atoms with Gasteiger partial charge in [-0.3, -0.25) is 9.36 Å². The number of carbonyl (C=O) groups is 1. The molecule has 1 fully saturated rings. The van der Waals surface area contributed by atoms with Crippen LogP contribution in [0.15, 0.2) is 79.1 Å². The SMILES string of the molecule is Nc1ncccc1-c1nc2ccc(Cc3cccc4[nH]cc(C(=O)C(F)(F)F)c34)nc2n1-c1ccc(C2(N)CCC2)cc1. The second-order valence-corrected chi connectivity index (χ2v) is 11.0. The number of ketones is 1. The van der Waals surface area contributed by atoms with E-state index in [-0.39, 0.29) is 17.3 Å². The first kappa shape index (κ1) is 26.8. The Morgan fingerprint density at radius 1 is 1.00 bits per heavy atom. The van der Waals surface area contributed by atoms with Gasteiger partial charge in [0.1, 0.15) is 11.3 Å². The molecule has 2 aromatic carbocycles. The predicted molar refractivity (Wildman–Crippen MR) is 158 cm³/mol. The van der Waals surface area contributed by atoms with Crippen molar-refractivity contribution in [3.05, 3.63) is 102 Å². The number of hydrogen-bond donors (Lipinski definition) is 3. The van der Waals surface area contributed by atoms with Crippen molar-refractivity contribution < 1.29 is 18.0 Å². The van der Waals surface area contributed by atoms with Gasteiger partial charge in [-0.2, -0.15) is 13.2 Å². The average molecular weight is 582 g/mol. The van der Waals surface area contributed by atoms with Gasteiger partial charge in [0.2, 0.25) is 0 Å². The highest BCUT2D eigenvalue weighted by Gasteiger charge is 2.41. The lowest BCUT2D eigenvalue weighted by atomic mass is 9.73. The molecule has 4 heterocycles. The molecule has 6 aromatic rings. The molecule has 216 valence electrons. The molecular formula is C32H26F3N7O.